The maximum absolute atomic E-state index is 14.6. The predicted molar refractivity (Wildman–Crippen MR) is 148 cm³/mol. The number of para-hydroxylation sites is 2. The molecule has 2 atom stereocenters. The van der Waals surface area contributed by atoms with Crippen LogP contribution in [0.15, 0.2) is 78.9 Å². The topological polar surface area (TPSA) is 103 Å². The zero-order valence-corrected chi connectivity index (χ0v) is 23.5. The molecule has 0 heterocycles. The van der Waals surface area contributed by atoms with Gasteiger partial charge in [0.05, 0.1) is 7.11 Å². The Balaban J connectivity index is 2.05. The maximum atomic E-state index is 14.6. The van der Waals surface area contributed by atoms with Gasteiger partial charge in [-0.3, -0.25) is 0 Å². The van der Waals surface area contributed by atoms with E-state index in [0.29, 0.717) is 11.4 Å². The third kappa shape index (κ3) is 8.15. The van der Waals surface area contributed by atoms with Gasteiger partial charge in [0.2, 0.25) is 0 Å². The predicted octanol–water partition coefficient (Wildman–Crippen LogP) is 7.23. The van der Waals surface area contributed by atoms with E-state index in [0.717, 1.165) is 0 Å². The fourth-order valence-corrected chi connectivity index (χ4v) is 6.10. The highest BCUT2D eigenvalue weighted by Crippen LogP contribution is 2.59. The summed E-state index contributed by atoms with van der Waals surface area (Å²) >= 11 is 12.6. The van der Waals surface area contributed by atoms with Gasteiger partial charge in [-0.1, -0.05) is 79.5 Å². The van der Waals surface area contributed by atoms with Gasteiger partial charge in [0.1, 0.15) is 17.5 Å². The molecule has 8 nitrogen and oxygen atoms in total. The molecular formula is C27H29Cl2N2O6P. The molecule has 3 aromatic carbocycles. The van der Waals surface area contributed by atoms with E-state index in [-0.39, 0.29) is 28.0 Å². The number of halogens is 2. The monoisotopic (exact) mass is 578 g/mol. The molecule has 38 heavy (non-hydrogen) atoms. The van der Waals surface area contributed by atoms with Gasteiger partial charge < -0.3 is 24.4 Å². The fraction of sp³-hybridized carbons (Fsp3) is 0.259. The van der Waals surface area contributed by atoms with Gasteiger partial charge in [0.25, 0.3) is 0 Å². The third-order valence-electron chi connectivity index (χ3n) is 5.29. The van der Waals surface area contributed by atoms with E-state index in [9.17, 15) is 14.2 Å². The average Bonchev–Trinajstić information content (AvgIpc) is 2.87. The van der Waals surface area contributed by atoms with Crippen LogP contribution in [-0.2, 0) is 14.1 Å². The van der Waals surface area contributed by atoms with E-state index >= 15 is 0 Å². The number of hydrogen-bond acceptors (Lipinski definition) is 6. The molecular weight excluding hydrogens is 550 g/mol. The molecule has 0 aliphatic heterocycles. The van der Waals surface area contributed by atoms with Crippen LogP contribution >= 0.6 is 30.8 Å². The van der Waals surface area contributed by atoms with Crippen molar-refractivity contribution in [3.8, 4) is 11.5 Å². The molecule has 11 heteroatoms. The van der Waals surface area contributed by atoms with Crippen molar-refractivity contribution in [1.82, 2.24) is 10.6 Å². The Bertz CT molecular complexity index is 1230. The van der Waals surface area contributed by atoms with E-state index in [1.54, 1.807) is 66.7 Å². The molecule has 2 unspecified atom stereocenters. The number of rotatable bonds is 11. The quantitative estimate of drug-likeness (QED) is 0.184. The van der Waals surface area contributed by atoms with Gasteiger partial charge in [0, 0.05) is 15.6 Å². The van der Waals surface area contributed by atoms with Crippen LogP contribution in [0.3, 0.4) is 0 Å². The van der Waals surface area contributed by atoms with E-state index in [2.05, 4.69) is 10.6 Å². The summed E-state index contributed by atoms with van der Waals surface area (Å²) < 4.78 is 31.4. The van der Waals surface area contributed by atoms with Crippen LogP contribution in [0.4, 0.5) is 4.79 Å². The Morgan fingerprint density at radius 2 is 1.42 bits per heavy atom. The van der Waals surface area contributed by atoms with E-state index in [1.807, 2.05) is 13.8 Å². The molecule has 0 saturated heterocycles. The average molecular weight is 579 g/mol. The summed E-state index contributed by atoms with van der Waals surface area (Å²) in [5.74, 6) is -1.44. The first-order chi connectivity index (χ1) is 18.1. The van der Waals surface area contributed by atoms with Gasteiger partial charge in [-0.25, -0.2) is 14.2 Å². The van der Waals surface area contributed by atoms with Crippen molar-refractivity contribution in [1.29, 1.82) is 0 Å². The summed E-state index contributed by atoms with van der Waals surface area (Å²) in [5, 5.41) is 5.73. The number of nitrogens with one attached hydrogen (secondary N) is 2. The second-order valence-corrected chi connectivity index (χ2v) is 11.5. The summed E-state index contributed by atoms with van der Waals surface area (Å²) in [6, 6.07) is 19.6. The normalized spacial score (nSPS) is 12.8. The van der Waals surface area contributed by atoms with Crippen molar-refractivity contribution in [2.45, 2.75) is 32.1 Å². The molecule has 3 aromatic rings. The van der Waals surface area contributed by atoms with E-state index in [1.165, 1.54) is 19.2 Å². The largest absolute Gasteiger partial charge is 0.467 e. The van der Waals surface area contributed by atoms with Crippen LogP contribution in [-0.4, -0.2) is 25.2 Å². The first-order valence-electron chi connectivity index (χ1n) is 11.8. The second-order valence-electron chi connectivity index (χ2n) is 8.74. The molecule has 0 saturated carbocycles. The number of ether oxygens (including phenoxy) is 1. The van der Waals surface area contributed by atoms with Crippen LogP contribution in [0.25, 0.3) is 0 Å². The molecule has 0 fully saturated rings. The number of amides is 2. The van der Waals surface area contributed by atoms with Crippen LogP contribution in [0.2, 0.25) is 10.0 Å². The number of methoxy groups -OCH3 is 1. The fourth-order valence-electron chi connectivity index (χ4n) is 3.58. The minimum atomic E-state index is -4.31. The highest BCUT2D eigenvalue weighted by Gasteiger charge is 2.43. The van der Waals surface area contributed by atoms with Gasteiger partial charge in [0.15, 0.2) is 5.78 Å². The summed E-state index contributed by atoms with van der Waals surface area (Å²) in [4.78, 5) is 25.5. The Hall–Kier alpha value is -3.19. The molecule has 0 aromatic heterocycles. The smallest absolute Gasteiger partial charge is 0.457 e. The molecule has 0 aliphatic carbocycles. The Morgan fingerprint density at radius 3 is 1.89 bits per heavy atom. The van der Waals surface area contributed by atoms with Gasteiger partial charge in [-0.2, -0.15) is 0 Å². The molecule has 0 bridgehead atoms. The summed E-state index contributed by atoms with van der Waals surface area (Å²) in [7, 11) is -3.07. The minimum absolute atomic E-state index is 0.0785. The van der Waals surface area contributed by atoms with Crippen molar-refractivity contribution >= 4 is 42.8 Å². The van der Waals surface area contributed by atoms with Gasteiger partial charge in [-0.15, -0.1) is 0 Å². The zero-order chi connectivity index (χ0) is 27.7. The van der Waals surface area contributed by atoms with E-state index in [4.69, 9.17) is 37.0 Å². The van der Waals surface area contributed by atoms with Crippen molar-refractivity contribution in [3.05, 3.63) is 94.5 Å². The Labute approximate surface area is 232 Å². The molecule has 0 radical (unpaired) electrons. The third-order valence-corrected chi connectivity index (χ3v) is 7.82. The molecule has 0 spiro atoms. The lowest BCUT2D eigenvalue weighted by Gasteiger charge is -2.29. The zero-order valence-electron chi connectivity index (χ0n) is 21.1. The van der Waals surface area contributed by atoms with Crippen LogP contribution in [0.5, 0.6) is 11.5 Å². The van der Waals surface area contributed by atoms with Crippen LogP contribution < -0.4 is 19.7 Å². The first kappa shape index (κ1) is 29.4. The number of esters is 1. The molecule has 2 amide bonds. The number of hydrogen-bond donors (Lipinski definition) is 2. The standard InChI is InChI=1S/C27H29Cl2N2O6P/c1-18(2)16-24(26(32)35-3)30-27(33)31-25(22-15-14-19(28)17-23(22)29)38(34,36-20-10-6-4-7-11-20)37-21-12-8-5-9-13-21/h4-15,17-18,24-25H,16H2,1-3H3,(H2,30,31,33). The number of carbonyl (C=O) groups excluding carboxylic acids is 2. The molecule has 202 valence electrons. The number of carbonyl (C=O) groups is 2. The molecule has 2 N–H and O–H groups in total. The minimum Gasteiger partial charge on any atom is -0.467 e. The van der Waals surface area contributed by atoms with Crippen molar-refractivity contribution < 1.29 is 27.9 Å². The second kappa shape index (κ2) is 13.6. The molecule has 3 rings (SSSR count). The maximum Gasteiger partial charge on any atom is 0.457 e. The Kier molecular flexibility index (Phi) is 10.5. The SMILES string of the molecule is COC(=O)C(CC(C)C)NC(=O)NC(c1ccc(Cl)cc1Cl)P(=O)(Oc1ccccc1)Oc1ccccc1. The van der Waals surface area contributed by atoms with Gasteiger partial charge >= 0.3 is 19.6 Å². The summed E-state index contributed by atoms with van der Waals surface area (Å²) in [6.07, 6.45) is 0.325. The van der Waals surface area contributed by atoms with Crippen LogP contribution in [0.1, 0.15) is 31.6 Å². The number of urea groups is 1. The van der Waals surface area contributed by atoms with Crippen LogP contribution in [0, 0.1) is 5.92 Å². The summed E-state index contributed by atoms with van der Waals surface area (Å²) in [6.45, 7) is 3.81. The first-order valence-corrected chi connectivity index (χ1v) is 14.2. The highest BCUT2D eigenvalue weighted by atomic mass is 35.5. The molecule has 0 aliphatic rings. The lowest BCUT2D eigenvalue weighted by Crippen LogP contribution is -2.48. The lowest BCUT2D eigenvalue weighted by atomic mass is 10.0. The Morgan fingerprint density at radius 1 is 0.868 bits per heavy atom. The number of benzene rings is 3. The van der Waals surface area contributed by atoms with Crippen molar-refractivity contribution in [2.75, 3.05) is 7.11 Å². The summed E-state index contributed by atoms with van der Waals surface area (Å²) in [5.41, 5.74) is 0.236. The highest BCUT2D eigenvalue weighted by molar-refractivity contribution is 7.55. The van der Waals surface area contributed by atoms with E-state index < -0.39 is 31.4 Å². The van der Waals surface area contributed by atoms with Crippen molar-refractivity contribution in [2.24, 2.45) is 5.92 Å². The van der Waals surface area contributed by atoms with Gasteiger partial charge in [-0.05, 0) is 48.7 Å². The van der Waals surface area contributed by atoms with Crippen molar-refractivity contribution in [3.63, 3.8) is 0 Å². The lowest BCUT2D eigenvalue weighted by molar-refractivity contribution is -0.143.